The second-order valence-corrected chi connectivity index (χ2v) is 11.9. The van der Waals surface area contributed by atoms with Crippen LogP contribution in [0.25, 0.3) is 21.8 Å². The first-order valence-electron chi connectivity index (χ1n) is 12.9. The Balaban J connectivity index is 1.49. The standard InChI is InChI=1S/C31H29BrN2O4S/c1-18(35)39-17-26(22-13-11-19-15-20(32)12-14-21(19)22)30(36)34-29(31(37)38-2)16-25-23-7-3-5-9-27(23)33-28-10-6-4-8-24(25)28/h3-10,12,14-15,22,26,29H,11,13,16-17H2,1-2H3,(H,34,36). The number of fused-ring (bicyclic) bond motifs is 3. The van der Waals surface area contributed by atoms with Crippen molar-refractivity contribution in [1.82, 2.24) is 10.3 Å². The molecule has 0 saturated heterocycles. The molecule has 1 aromatic heterocycles. The van der Waals surface area contributed by atoms with E-state index in [0.29, 0.717) is 5.75 Å². The molecule has 1 aliphatic carbocycles. The quantitative estimate of drug-likeness (QED) is 0.197. The third-order valence-corrected chi connectivity index (χ3v) is 8.85. The van der Waals surface area contributed by atoms with Gasteiger partial charge in [0, 0.05) is 34.3 Å². The highest BCUT2D eigenvalue weighted by Gasteiger charge is 2.36. The number of hydrogen-bond acceptors (Lipinski definition) is 6. The Hall–Kier alpha value is -3.23. The monoisotopic (exact) mass is 604 g/mol. The molecule has 200 valence electrons. The van der Waals surface area contributed by atoms with Crippen LogP contribution in [0.3, 0.4) is 0 Å². The summed E-state index contributed by atoms with van der Waals surface area (Å²) >= 11 is 4.69. The van der Waals surface area contributed by atoms with Gasteiger partial charge in [-0.15, -0.1) is 0 Å². The van der Waals surface area contributed by atoms with Crippen molar-refractivity contribution in [3.05, 3.63) is 87.9 Å². The summed E-state index contributed by atoms with van der Waals surface area (Å²) in [5, 5.41) is 4.84. The smallest absolute Gasteiger partial charge is 0.328 e. The molecule has 0 spiro atoms. The minimum atomic E-state index is -0.896. The molecular weight excluding hydrogens is 576 g/mol. The molecule has 0 aliphatic heterocycles. The first-order valence-corrected chi connectivity index (χ1v) is 14.7. The number of aromatic nitrogens is 1. The van der Waals surface area contributed by atoms with Crippen molar-refractivity contribution in [2.24, 2.45) is 5.92 Å². The first-order chi connectivity index (χ1) is 18.9. The van der Waals surface area contributed by atoms with E-state index in [1.165, 1.54) is 19.6 Å². The van der Waals surface area contributed by atoms with E-state index in [1.807, 2.05) is 54.6 Å². The van der Waals surface area contributed by atoms with Gasteiger partial charge in [-0.25, -0.2) is 9.78 Å². The van der Waals surface area contributed by atoms with Crippen LogP contribution in [-0.4, -0.2) is 40.9 Å². The number of para-hydroxylation sites is 2. The largest absolute Gasteiger partial charge is 0.467 e. The summed E-state index contributed by atoms with van der Waals surface area (Å²) in [4.78, 5) is 43.6. The van der Waals surface area contributed by atoms with E-state index in [0.717, 1.165) is 62.0 Å². The summed E-state index contributed by atoms with van der Waals surface area (Å²) in [7, 11) is 1.33. The number of thioether (sulfide) groups is 1. The molecule has 1 heterocycles. The summed E-state index contributed by atoms with van der Waals surface area (Å²) in [6.45, 7) is 1.51. The molecule has 1 aliphatic rings. The zero-order chi connectivity index (χ0) is 27.5. The number of halogens is 1. The summed E-state index contributed by atoms with van der Waals surface area (Å²) in [6.07, 6.45) is 1.93. The van der Waals surface area contributed by atoms with Crippen LogP contribution >= 0.6 is 27.7 Å². The van der Waals surface area contributed by atoms with Crippen molar-refractivity contribution in [1.29, 1.82) is 0 Å². The van der Waals surface area contributed by atoms with Crippen molar-refractivity contribution in [2.75, 3.05) is 12.9 Å². The number of methoxy groups -OCH3 is 1. The minimum Gasteiger partial charge on any atom is -0.467 e. The second-order valence-electron chi connectivity index (χ2n) is 9.81. The van der Waals surface area contributed by atoms with Crippen LogP contribution in [0.15, 0.2) is 71.2 Å². The molecular formula is C31H29BrN2O4S. The predicted octanol–water partition coefficient (Wildman–Crippen LogP) is 5.98. The SMILES string of the molecule is COC(=O)C(Cc1c2ccccc2nc2ccccc12)NC(=O)C(CSC(C)=O)C1CCc2cc(Br)ccc21. The number of rotatable bonds is 8. The maximum atomic E-state index is 13.9. The highest BCUT2D eigenvalue weighted by molar-refractivity contribution is 9.10. The van der Waals surface area contributed by atoms with E-state index in [1.54, 1.807) is 0 Å². The number of nitrogens with one attached hydrogen (secondary N) is 1. The molecule has 3 aromatic carbocycles. The Kier molecular flexibility index (Phi) is 8.33. The first kappa shape index (κ1) is 27.3. The van der Waals surface area contributed by atoms with Gasteiger partial charge in [0.1, 0.15) is 6.04 Å². The molecule has 1 amide bonds. The van der Waals surface area contributed by atoms with Gasteiger partial charge in [0.25, 0.3) is 0 Å². The lowest BCUT2D eigenvalue weighted by Crippen LogP contribution is -2.47. The fourth-order valence-electron chi connectivity index (χ4n) is 5.58. The average molecular weight is 606 g/mol. The Labute approximate surface area is 240 Å². The third kappa shape index (κ3) is 5.87. The normalized spacial score (nSPS) is 16.0. The summed E-state index contributed by atoms with van der Waals surface area (Å²) < 4.78 is 6.15. The highest BCUT2D eigenvalue weighted by atomic mass is 79.9. The molecule has 6 nitrogen and oxygen atoms in total. The van der Waals surface area contributed by atoms with Gasteiger partial charge in [0.2, 0.25) is 5.91 Å². The number of pyridine rings is 1. The Morgan fingerprint density at radius 1 is 1.05 bits per heavy atom. The molecule has 3 atom stereocenters. The third-order valence-electron chi connectivity index (χ3n) is 7.43. The highest BCUT2D eigenvalue weighted by Crippen LogP contribution is 2.41. The lowest BCUT2D eigenvalue weighted by molar-refractivity contribution is -0.145. The number of aryl methyl sites for hydroxylation is 1. The topological polar surface area (TPSA) is 85.4 Å². The van der Waals surface area contributed by atoms with Crippen molar-refractivity contribution >= 4 is 66.5 Å². The molecule has 0 fully saturated rings. The number of esters is 1. The fourth-order valence-corrected chi connectivity index (χ4v) is 6.79. The molecule has 5 rings (SSSR count). The second kappa shape index (κ2) is 11.9. The number of hydrogen-bond donors (Lipinski definition) is 1. The van der Waals surface area contributed by atoms with Crippen LogP contribution < -0.4 is 5.32 Å². The lowest BCUT2D eigenvalue weighted by Gasteiger charge is -2.26. The molecule has 39 heavy (non-hydrogen) atoms. The minimum absolute atomic E-state index is 0.0407. The van der Waals surface area contributed by atoms with Gasteiger partial charge in [-0.3, -0.25) is 9.59 Å². The van der Waals surface area contributed by atoms with E-state index in [-0.39, 0.29) is 23.4 Å². The maximum absolute atomic E-state index is 13.9. The van der Waals surface area contributed by atoms with Crippen molar-refractivity contribution in [2.45, 2.75) is 38.1 Å². The van der Waals surface area contributed by atoms with Crippen LogP contribution in [0.5, 0.6) is 0 Å². The molecule has 0 radical (unpaired) electrons. The van der Waals surface area contributed by atoms with E-state index < -0.39 is 17.9 Å². The molecule has 0 bridgehead atoms. The summed E-state index contributed by atoms with van der Waals surface area (Å²) in [5.41, 5.74) is 4.91. The van der Waals surface area contributed by atoms with Gasteiger partial charge in [0.15, 0.2) is 5.12 Å². The van der Waals surface area contributed by atoms with Gasteiger partial charge in [-0.05, 0) is 59.7 Å². The fraction of sp³-hybridized carbons (Fsp3) is 0.290. The van der Waals surface area contributed by atoms with Crippen LogP contribution in [0.1, 0.15) is 36.0 Å². The van der Waals surface area contributed by atoms with Crippen molar-refractivity contribution < 1.29 is 19.1 Å². The van der Waals surface area contributed by atoms with Crippen LogP contribution in [-0.2, 0) is 32.0 Å². The number of ether oxygens (including phenoxy) is 1. The number of amides is 1. The Morgan fingerprint density at radius 2 is 1.72 bits per heavy atom. The molecule has 3 unspecified atom stereocenters. The molecule has 8 heteroatoms. The van der Waals surface area contributed by atoms with E-state index in [9.17, 15) is 14.4 Å². The number of carbonyl (C=O) groups excluding carboxylic acids is 3. The molecule has 1 N–H and O–H groups in total. The van der Waals surface area contributed by atoms with E-state index >= 15 is 0 Å². The molecule has 4 aromatic rings. The number of carbonyl (C=O) groups is 3. The Bertz CT molecular complexity index is 1520. The van der Waals surface area contributed by atoms with Gasteiger partial charge < -0.3 is 10.1 Å². The number of nitrogens with zero attached hydrogens (tertiary/aromatic N) is 1. The van der Waals surface area contributed by atoms with E-state index in [4.69, 9.17) is 9.72 Å². The summed E-state index contributed by atoms with van der Waals surface area (Å²) in [6, 6.07) is 20.9. The van der Waals surface area contributed by atoms with E-state index in [2.05, 4.69) is 33.4 Å². The Morgan fingerprint density at radius 3 is 2.36 bits per heavy atom. The van der Waals surface area contributed by atoms with Gasteiger partial charge in [-0.1, -0.05) is 70.2 Å². The maximum Gasteiger partial charge on any atom is 0.328 e. The van der Waals surface area contributed by atoms with Crippen molar-refractivity contribution in [3.63, 3.8) is 0 Å². The zero-order valence-electron chi connectivity index (χ0n) is 21.8. The number of benzene rings is 3. The van der Waals surface area contributed by atoms with Crippen LogP contribution in [0.4, 0.5) is 0 Å². The van der Waals surface area contributed by atoms with Gasteiger partial charge in [0.05, 0.1) is 24.1 Å². The predicted molar refractivity (Wildman–Crippen MR) is 159 cm³/mol. The van der Waals surface area contributed by atoms with Gasteiger partial charge >= 0.3 is 5.97 Å². The molecule has 0 saturated carbocycles. The van der Waals surface area contributed by atoms with Crippen LogP contribution in [0.2, 0.25) is 0 Å². The van der Waals surface area contributed by atoms with Gasteiger partial charge in [-0.2, -0.15) is 0 Å². The van der Waals surface area contributed by atoms with Crippen LogP contribution in [0, 0.1) is 5.92 Å². The van der Waals surface area contributed by atoms with Crippen molar-refractivity contribution in [3.8, 4) is 0 Å². The average Bonchev–Trinajstić information content (AvgIpc) is 3.34. The lowest BCUT2D eigenvalue weighted by atomic mass is 9.87. The summed E-state index contributed by atoms with van der Waals surface area (Å²) in [5.74, 6) is -0.930. The zero-order valence-corrected chi connectivity index (χ0v) is 24.2.